The van der Waals surface area contributed by atoms with Gasteiger partial charge in [-0.3, -0.25) is 0 Å². The lowest BCUT2D eigenvalue weighted by atomic mass is 9.93. The Labute approximate surface area is 101 Å². The largest absolute Gasteiger partial charge is 0.396 e. The number of hydrogen-bond acceptors (Lipinski definition) is 2. The van der Waals surface area contributed by atoms with Crippen LogP contribution in [-0.2, 0) is 0 Å². The predicted octanol–water partition coefficient (Wildman–Crippen LogP) is 3.51. The van der Waals surface area contributed by atoms with Crippen molar-refractivity contribution >= 4 is 0 Å². The number of aliphatic hydroxyl groups excluding tert-OH is 2. The molecule has 0 aliphatic heterocycles. The number of rotatable bonds is 12. The summed E-state index contributed by atoms with van der Waals surface area (Å²) in [5.74, 6) is 0.628. The van der Waals surface area contributed by atoms with E-state index >= 15 is 0 Å². The fourth-order valence-corrected chi connectivity index (χ4v) is 2.21. The third kappa shape index (κ3) is 10.4. The highest BCUT2D eigenvalue weighted by atomic mass is 16.3. The Morgan fingerprint density at radius 1 is 0.688 bits per heavy atom. The second kappa shape index (κ2) is 13.0. The normalized spacial score (nSPS) is 12.9. The van der Waals surface area contributed by atoms with Crippen molar-refractivity contribution in [3.63, 3.8) is 0 Å². The van der Waals surface area contributed by atoms with Gasteiger partial charge in [-0.15, -0.1) is 0 Å². The van der Waals surface area contributed by atoms with Crippen LogP contribution < -0.4 is 0 Å². The van der Waals surface area contributed by atoms with E-state index in [2.05, 4.69) is 6.92 Å². The average molecular weight is 230 g/mol. The van der Waals surface area contributed by atoms with Crippen LogP contribution in [0.4, 0.5) is 0 Å². The topological polar surface area (TPSA) is 40.5 Å². The van der Waals surface area contributed by atoms with E-state index in [0.717, 1.165) is 19.3 Å². The minimum absolute atomic E-state index is 0.290. The molecular weight excluding hydrogens is 200 g/mol. The van der Waals surface area contributed by atoms with Gasteiger partial charge in [0.05, 0.1) is 0 Å². The first kappa shape index (κ1) is 15.9. The first-order chi connectivity index (χ1) is 7.85. The zero-order valence-electron chi connectivity index (χ0n) is 11.0. The van der Waals surface area contributed by atoms with Gasteiger partial charge in [0.25, 0.3) is 0 Å². The molecule has 0 saturated heterocycles. The molecule has 0 rings (SSSR count). The molecule has 0 heterocycles. The lowest BCUT2D eigenvalue weighted by molar-refractivity contribution is 0.225. The lowest BCUT2D eigenvalue weighted by Gasteiger charge is -2.14. The molecule has 1 unspecified atom stereocenters. The first-order valence-corrected chi connectivity index (χ1v) is 7.06. The zero-order valence-corrected chi connectivity index (χ0v) is 11.0. The van der Waals surface area contributed by atoms with Crippen LogP contribution in [0.1, 0.15) is 71.1 Å². The summed E-state index contributed by atoms with van der Waals surface area (Å²) in [6.45, 7) is 2.83. The molecule has 98 valence electrons. The van der Waals surface area contributed by atoms with Gasteiger partial charge < -0.3 is 10.2 Å². The molecule has 0 saturated carbocycles. The van der Waals surface area contributed by atoms with Crippen molar-refractivity contribution in [3.05, 3.63) is 0 Å². The van der Waals surface area contributed by atoms with E-state index in [1.165, 1.54) is 44.9 Å². The van der Waals surface area contributed by atoms with Gasteiger partial charge in [0, 0.05) is 13.2 Å². The SMILES string of the molecule is CCCCCCCCC(CCO)CCCO. The van der Waals surface area contributed by atoms with Crippen molar-refractivity contribution in [1.29, 1.82) is 0 Å². The minimum Gasteiger partial charge on any atom is -0.396 e. The van der Waals surface area contributed by atoms with Crippen molar-refractivity contribution in [2.75, 3.05) is 13.2 Å². The fraction of sp³-hybridized carbons (Fsp3) is 1.00. The standard InChI is InChI=1S/C14H30O2/c1-2-3-4-5-6-7-9-14(11-13-16)10-8-12-15/h14-16H,2-13H2,1H3. The maximum absolute atomic E-state index is 8.95. The van der Waals surface area contributed by atoms with E-state index in [9.17, 15) is 0 Å². The van der Waals surface area contributed by atoms with Gasteiger partial charge in [0.1, 0.15) is 0 Å². The van der Waals surface area contributed by atoms with E-state index in [1.54, 1.807) is 0 Å². The van der Waals surface area contributed by atoms with Crippen LogP contribution >= 0.6 is 0 Å². The molecule has 2 N–H and O–H groups in total. The molecule has 0 amide bonds. The van der Waals surface area contributed by atoms with Gasteiger partial charge in [-0.2, -0.15) is 0 Å². The van der Waals surface area contributed by atoms with Crippen LogP contribution in [0.5, 0.6) is 0 Å². The second-order valence-electron chi connectivity index (χ2n) is 4.80. The van der Waals surface area contributed by atoms with Gasteiger partial charge >= 0.3 is 0 Å². The Morgan fingerprint density at radius 2 is 1.31 bits per heavy atom. The summed E-state index contributed by atoms with van der Waals surface area (Å²) in [5.41, 5.74) is 0. The van der Waals surface area contributed by atoms with Crippen LogP contribution in [0.2, 0.25) is 0 Å². The van der Waals surface area contributed by atoms with Gasteiger partial charge in [-0.25, -0.2) is 0 Å². The van der Waals surface area contributed by atoms with E-state index in [-0.39, 0.29) is 0 Å². The molecule has 0 fully saturated rings. The van der Waals surface area contributed by atoms with E-state index in [0.29, 0.717) is 19.1 Å². The quantitative estimate of drug-likeness (QED) is 0.504. The van der Waals surface area contributed by atoms with Gasteiger partial charge in [0.15, 0.2) is 0 Å². The Kier molecular flexibility index (Phi) is 12.9. The third-order valence-corrected chi connectivity index (χ3v) is 3.27. The molecule has 0 bridgehead atoms. The van der Waals surface area contributed by atoms with Crippen LogP contribution in [0.3, 0.4) is 0 Å². The molecule has 0 spiro atoms. The molecule has 2 nitrogen and oxygen atoms in total. The zero-order chi connectivity index (χ0) is 12.1. The molecule has 0 aromatic rings. The Morgan fingerprint density at radius 3 is 1.94 bits per heavy atom. The summed E-state index contributed by atoms with van der Waals surface area (Å²) in [5, 5.41) is 17.7. The molecule has 0 aliphatic rings. The summed E-state index contributed by atoms with van der Waals surface area (Å²) in [4.78, 5) is 0. The number of aliphatic hydroxyl groups is 2. The lowest BCUT2D eigenvalue weighted by Crippen LogP contribution is -2.04. The van der Waals surface area contributed by atoms with E-state index < -0.39 is 0 Å². The molecule has 0 aromatic carbocycles. The molecule has 1 atom stereocenters. The minimum atomic E-state index is 0.290. The maximum atomic E-state index is 8.95. The molecule has 0 aromatic heterocycles. The van der Waals surface area contributed by atoms with Crippen molar-refractivity contribution in [1.82, 2.24) is 0 Å². The van der Waals surface area contributed by atoms with Crippen molar-refractivity contribution in [3.8, 4) is 0 Å². The third-order valence-electron chi connectivity index (χ3n) is 3.27. The molecular formula is C14H30O2. The molecule has 2 heteroatoms. The Bertz CT molecular complexity index is 126. The summed E-state index contributed by atoms with van der Waals surface area (Å²) in [6, 6.07) is 0. The van der Waals surface area contributed by atoms with E-state index in [1.807, 2.05) is 0 Å². The Hall–Kier alpha value is -0.0800. The van der Waals surface area contributed by atoms with Crippen molar-refractivity contribution in [2.45, 2.75) is 71.1 Å². The van der Waals surface area contributed by atoms with Crippen LogP contribution in [0, 0.1) is 5.92 Å². The number of hydrogen-bond donors (Lipinski definition) is 2. The smallest absolute Gasteiger partial charge is 0.0433 e. The first-order valence-electron chi connectivity index (χ1n) is 7.06. The Balaban J connectivity index is 3.36. The number of unbranched alkanes of at least 4 members (excludes halogenated alkanes) is 5. The fourth-order valence-electron chi connectivity index (χ4n) is 2.21. The summed E-state index contributed by atoms with van der Waals surface area (Å²) < 4.78 is 0. The molecule has 0 aliphatic carbocycles. The van der Waals surface area contributed by atoms with E-state index in [4.69, 9.17) is 10.2 Å². The van der Waals surface area contributed by atoms with Crippen LogP contribution in [-0.4, -0.2) is 23.4 Å². The summed E-state index contributed by atoms with van der Waals surface area (Å²) >= 11 is 0. The molecule has 16 heavy (non-hydrogen) atoms. The average Bonchev–Trinajstić information content (AvgIpc) is 2.30. The highest BCUT2D eigenvalue weighted by Crippen LogP contribution is 2.19. The maximum Gasteiger partial charge on any atom is 0.0433 e. The van der Waals surface area contributed by atoms with Gasteiger partial charge in [0.2, 0.25) is 0 Å². The molecule has 0 radical (unpaired) electrons. The predicted molar refractivity (Wildman–Crippen MR) is 69.5 cm³/mol. The summed E-state index contributed by atoms with van der Waals surface area (Å²) in [6.07, 6.45) is 12.1. The summed E-state index contributed by atoms with van der Waals surface area (Å²) in [7, 11) is 0. The van der Waals surface area contributed by atoms with Crippen molar-refractivity contribution < 1.29 is 10.2 Å². The second-order valence-corrected chi connectivity index (χ2v) is 4.80. The highest BCUT2D eigenvalue weighted by molar-refractivity contribution is 4.60. The van der Waals surface area contributed by atoms with Crippen LogP contribution in [0.25, 0.3) is 0 Å². The monoisotopic (exact) mass is 230 g/mol. The van der Waals surface area contributed by atoms with Crippen LogP contribution in [0.15, 0.2) is 0 Å². The van der Waals surface area contributed by atoms with Gasteiger partial charge in [-0.1, -0.05) is 51.9 Å². The van der Waals surface area contributed by atoms with Gasteiger partial charge in [-0.05, 0) is 25.2 Å². The highest BCUT2D eigenvalue weighted by Gasteiger charge is 2.07. The van der Waals surface area contributed by atoms with Crippen molar-refractivity contribution in [2.24, 2.45) is 5.92 Å².